The number of carbonyl (C=O) groups is 2. The first-order valence-electron chi connectivity index (χ1n) is 8.44. The van der Waals surface area contributed by atoms with Crippen LogP contribution in [-0.2, 0) is 16.1 Å². The van der Waals surface area contributed by atoms with Gasteiger partial charge in [-0.3, -0.25) is 9.59 Å². The van der Waals surface area contributed by atoms with Crippen LogP contribution >= 0.6 is 11.3 Å². The van der Waals surface area contributed by atoms with Crippen LogP contribution in [0.5, 0.6) is 0 Å². The summed E-state index contributed by atoms with van der Waals surface area (Å²) in [5.74, 6) is 0.732. The van der Waals surface area contributed by atoms with Gasteiger partial charge in [-0.1, -0.05) is 13.8 Å². The zero-order valence-electron chi connectivity index (χ0n) is 14.1. The Kier molecular flexibility index (Phi) is 4.71. The fraction of sp³-hybridized carbons (Fsp3) is 0.706. The number of aromatic nitrogens is 1. The Morgan fingerprint density at radius 3 is 2.78 bits per heavy atom. The van der Waals surface area contributed by atoms with Gasteiger partial charge in [0.1, 0.15) is 0 Å². The van der Waals surface area contributed by atoms with Crippen molar-refractivity contribution in [3.63, 3.8) is 0 Å². The summed E-state index contributed by atoms with van der Waals surface area (Å²) in [7, 11) is 1.84. The molecule has 6 heteroatoms. The number of carbonyl (C=O) groups excluding carboxylic acids is 2. The van der Waals surface area contributed by atoms with Gasteiger partial charge in [0, 0.05) is 37.4 Å². The molecule has 3 rings (SSSR count). The summed E-state index contributed by atoms with van der Waals surface area (Å²) < 4.78 is 0. The normalized spacial score (nSPS) is 21.8. The predicted molar refractivity (Wildman–Crippen MR) is 90.1 cm³/mol. The molecule has 2 fully saturated rings. The summed E-state index contributed by atoms with van der Waals surface area (Å²) in [5, 5.41) is 3.16. The number of likely N-dealkylation sites (tertiary alicyclic amines) is 1. The van der Waals surface area contributed by atoms with Crippen LogP contribution in [0.3, 0.4) is 0 Å². The minimum Gasteiger partial charge on any atom is -0.340 e. The van der Waals surface area contributed by atoms with Gasteiger partial charge in [0.05, 0.1) is 23.2 Å². The molecule has 0 N–H and O–H groups in total. The Bertz CT molecular complexity index is 594. The van der Waals surface area contributed by atoms with Crippen molar-refractivity contribution < 1.29 is 9.59 Å². The number of hydrogen-bond donors (Lipinski definition) is 0. The molecule has 1 atom stereocenters. The molecule has 1 aliphatic carbocycles. The smallest absolute Gasteiger partial charge is 0.227 e. The van der Waals surface area contributed by atoms with Gasteiger partial charge < -0.3 is 9.80 Å². The van der Waals surface area contributed by atoms with Crippen molar-refractivity contribution >= 4 is 23.2 Å². The second-order valence-electron chi connectivity index (χ2n) is 7.04. The molecule has 2 amide bonds. The van der Waals surface area contributed by atoms with Gasteiger partial charge >= 0.3 is 0 Å². The first kappa shape index (κ1) is 16.4. The highest BCUT2D eigenvalue weighted by Crippen LogP contribution is 2.32. The van der Waals surface area contributed by atoms with Crippen LogP contribution in [0.2, 0.25) is 0 Å². The third kappa shape index (κ3) is 3.74. The summed E-state index contributed by atoms with van der Waals surface area (Å²) in [5.41, 5.74) is 0.959. The first-order valence-corrected chi connectivity index (χ1v) is 9.32. The van der Waals surface area contributed by atoms with Crippen LogP contribution in [0.25, 0.3) is 0 Å². The lowest BCUT2D eigenvalue weighted by Crippen LogP contribution is -2.46. The zero-order valence-corrected chi connectivity index (χ0v) is 14.9. The third-order valence-electron chi connectivity index (χ3n) is 4.62. The molecule has 1 aromatic heterocycles. The highest BCUT2D eigenvalue weighted by atomic mass is 32.1. The van der Waals surface area contributed by atoms with Gasteiger partial charge in [-0.15, -0.1) is 11.3 Å². The van der Waals surface area contributed by atoms with E-state index in [2.05, 4.69) is 18.8 Å². The van der Waals surface area contributed by atoms with Crippen molar-refractivity contribution in [1.82, 2.24) is 14.8 Å². The monoisotopic (exact) mass is 335 g/mol. The van der Waals surface area contributed by atoms with E-state index in [4.69, 9.17) is 0 Å². The number of amides is 2. The molecule has 1 aliphatic heterocycles. The number of nitrogens with zero attached hydrogens (tertiary/aromatic N) is 3. The van der Waals surface area contributed by atoms with Crippen LogP contribution in [0, 0.1) is 5.92 Å². The molecule has 1 unspecified atom stereocenters. The highest BCUT2D eigenvalue weighted by Gasteiger charge is 2.39. The maximum Gasteiger partial charge on any atom is 0.227 e. The van der Waals surface area contributed by atoms with Crippen molar-refractivity contribution in [2.45, 2.75) is 58.0 Å². The van der Waals surface area contributed by atoms with E-state index in [1.165, 1.54) is 0 Å². The van der Waals surface area contributed by atoms with Gasteiger partial charge in [0.2, 0.25) is 11.8 Å². The van der Waals surface area contributed by atoms with E-state index in [0.29, 0.717) is 37.9 Å². The first-order chi connectivity index (χ1) is 11.0. The van der Waals surface area contributed by atoms with E-state index in [1.54, 1.807) is 16.2 Å². The summed E-state index contributed by atoms with van der Waals surface area (Å²) in [6.45, 7) is 5.41. The zero-order chi connectivity index (χ0) is 16.6. The lowest BCUT2D eigenvalue weighted by Gasteiger charge is -2.33. The molecule has 23 heavy (non-hydrogen) atoms. The van der Waals surface area contributed by atoms with Gasteiger partial charge in [0.15, 0.2) is 0 Å². The quantitative estimate of drug-likeness (QED) is 0.831. The summed E-state index contributed by atoms with van der Waals surface area (Å²) in [6, 6.07) is 0.399. The molecule has 0 radical (unpaired) electrons. The van der Waals surface area contributed by atoms with Crippen LogP contribution in [0.1, 0.15) is 56.2 Å². The molecule has 0 aromatic carbocycles. The number of thiazole rings is 1. The standard InChI is InChI=1S/C17H25N3O2S/c1-11(2)16-18-13(10-23-16)9-19(3)17(22)12-4-7-15(21)20(8-12)14-5-6-14/h10-12,14H,4-9H2,1-3H3. The second-order valence-corrected chi connectivity index (χ2v) is 7.93. The number of rotatable bonds is 5. The molecule has 1 saturated carbocycles. The third-order valence-corrected chi connectivity index (χ3v) is 5.81. The van der Waals surface area contributed by atoms with E-state index in [-0.39, 0.29) is 17.7 Å². The SMILES string of the molecule is CC(C)c1nc(CN(C)C(=O)C2CCC(=O)N(C3CC3)C2)cs1. The maximum atomic E-state index is 12.7. The Labute approximate surface area is 141 Å². The van der Waals surface area contributed by atoms with Crippen LogP contribution < -0.4 is 0 Å². The van der Waals surface area contributed by atoms with Gasteiger partial charge in [-0.05, 0) is 19.3 Å². The number of hydrogen-bond acceptors (Lipinski definition) is 4. The topological polar surface area (TPSA) is 53.5 Å². The number of piperidine rings is 1. The summed E-state index contributed by atoms with van der Waals surface area (Å²) in [4.78, 5) is 33.0. The van der Waals surface area contributed by atoms with Crippen molar-refractivity contribution in [2.24, 2.45) is 5.92 Å². The summed E-state index contributed by atoms with van der Waals surface area (Å²) >= 11 is 1.66. The van der Waals surface area contributed by atoms with Crippen molar-refractivity contribution in [3.05, 3.63) is 16.1 Å². The van der Waals surface area contributed by atoms with E-state index in [1.807, 2.05) is 17.3 Å². The van der Waals surface area contributed by atoms with E-state index in [0.717, 1.165) is 23.5 Å². The van der Waals surface area contributed by atoms with Crippen molar-refractivity contribution in [1.29, 1.82) is 0 Å². The van der Waals surface area contributed by atoms with Crippen LogP contribution in [-0.4, -0.2) is 46.2 Å². The van der Waals surface area contributed by atoms with E-state index < -0.39 is 0 Å². The molecule has 2 heterocycles. The minimum absolute atomic E-state index is 0.0542. The fourth-order valence-electron chi connectivity index (χ4n) is 3.11. The molecule has 0 bridgehead atoms. The maximum absolute atomic E-state index is 12.7. The largest absolute Gasteiger partial charge is 0.340 e. The summed E-state index contributed by atoms with van der Waals surface area (Å²) in [6.07, 6.45) is 3.38. The minimum atomic E-state index is -0.0542. The molecule has 1 saturated heterocycles. The Morgan fingerprint density at radius 1 is 1.43 bits per heavy atom. The predicted octanol–water partition coefficient (Wildman–Crippen LogP) is 2.63. The van der Waals surface area contributed by atoms with Gasteiger partial charge in [-0.2, -0.15) is 0 Å². The van der Waals surface area contributed by atoms with E-state index in [9.17, 15) is 9.59 Å². The average Bonchev–Trinajstić information content (AvgIpc) is 3.25. The van der Waals surface area contributed by atoms with Gasteiger partial charge in [-0.25, -0.2) is 4.98 Å². The van der Waals surface area contributed by atoms with Crippen LogP contribution in [0.4, 0.5) is 0 Å². The van der Waals surface area contributed by atoms with Gasteiger partial charge in [0.25, 0.3) is 0 Å². The lowest BCUT2D eigenvalue weighted by atomic mass is 9.96. The van der Waals surface area contributed by atoms with Crippen LogP contribution in [0.15, 0.2) is 5.38 Å². The highest BCUT2D eigenvalue weighted by molar-refractivity contribution is 7.09. The van der Waals surface area contributed by atoms with E-state index >= 15 is 0 Å². The van der Waals surface area contributed by atoms with Crippen molar-refractivity contribution in [2.75, 3.05) is 13.6 Å². The Hall–Kier alpha value is -1.43. The molecular formula is C17H25N3O2S. The lowest BCUT2D eigenvalue weighted by molar-refractivity contribution is -0.143. The molecule has 2 aliphatic rings. The molecule has 5 nitrogen and oxygen atoms in total. The molecule has 1 aromatic rings. The Balaban J connectivity index is 1.59. The molecule has 126 valence electrons. The second kappa shape index (κ2) is 6.59. The molecular weight excluding hydrogens is 310 g/mol. The average molecular weight is 335 g/mol. The fourth-order valence-corrected chi connectivity index (χ4v) is 3.93. The Morgan fingerprint density at radius 2 is 2.17 bits per heavy atom. The molecule has 0 spiro atoms. The van der Waals surface area contributed by atoms with Crippen molar-refractivity contribution in [3.8, 4) is 0 Å².